The van der Waals surface area contributed by atoms with Crippen LogP contribution in [0.15, 0.2) is 48.5 Å². The first kappa shape index (κ1) is 39.6. The van der Waals surface area contributed by atoms with Crippen molar-refractivity contribution in [2.75, 3.05) is 12.0 Å². The fourth-order valence-electron chi connectivity index (χ4n) is 5.06. The van der Waals surface area contributed by atoms with Crippen LogP contribution in [0.4, 0.5) is 4.79 Å². The van der Waals surface area contributed by atoms with Crippen molar-refractivity contribution in [3.63, 3.8) is 0 Å². The summed E-state index contributed by atoms with van der Waals surface area (Å²) in [6, 6.07) is 11.7. The average Bonchev–Trinajstić information content (AvgIpc) is 2.97. The SMILES string of the molecule is CCC(C)N(C(=O)C(CCSC)NC(=O)OC(C)(C)C)C(C(=O)NC(Cc1ccccc1)C(=O)OC(C)(C)C)c1cc(C)ccc1C. The van der Waals surface area contributed by atoms with Crippen molar-refractivity contribution in [2.24, 2.45) is 0 Å². The van der Waals surface area contributed by atoms with Gasteiger partial charge in [-0.15, -0.1) is 0 Å². The van der Waals surface area contributed by atoms with Gasteiger partial charge in [0, 0.05) is 12.5 Å². The van der Waals surface area contributed by atoms with Crippen LogP contribution in [0.1, 0.15) is 96.5 Å². The molecular weight excluding hydrogens is 614 g/mol. The van der Waals surface area contributed by atoms with Crippen molar-refractivity contribution >= 4 is 35.6 Å². The van der Waals surface area contributed by atoms with Crippen LogP contribution in [-0.2, 0) is 30.3 Å². The number of carbonyl (C=O) groups is 4. The lowest BCUT2D eigenvalue weighted by atomic mass is 9.94. The molecule has 0 radical (unpaired) electrons. The highest BCUT2D eigenvalue weighted by molar-refractivity contribution is 7.98. The Morgan fingerprint density at radius 2 is 1.49 bits per heavy atom. The largest absolute Gasteiger partial charge is 0.458 e. The highest BCUT2D eigenvalue weighted by Crippen LogP contribution is 2.30. The minimum atomic E-state index is -1.10. The van der Waals surface area contributed by atoms with E-state index in [-0.39, 0.29) is 6.42 Å². The Hall–Kier alpha value is -3.53. The molecule has 0 heterocycles. The van der Waals surface area contributed by atoms with E-state index in [1.54, 1.807) is 58.2 Å². The number of amides is 3. The molecule has 0 aliphatic carbocycles. The zero-order valence-corrected chi connectivity index (χ0v) is 30.9. The molecule has 2 rings (SSSR count). The maximum atomic E-state index is 14.7. The number of nitrogens with zero attached hydrogens (tertiary/aromatic N) is 1. The van der Waals surface area contributed by atoms with Gasteiger partial charge in [-0.05, 0) is 104 Å². The van der Waals surface area contributed by atoms with E-state index < -0.39 is 59.2 Å². The van der Waals surface area contributed by atoms with E-state index >= 15 is 0 Å². The van der Waals surface area contributed by atoms with Crippen LogP contribution in [0.25, 0.3) is 0 Å². The van der Waals surface area contributed by atoms with E-state index in [1.165, 1.54) is 0 Å². The van der Waals surface area contributed by atoms with E-state index in [2.05, 4.69) is 10.6 Å². The summed E-state index contributed by atoms with van der Waals surface area (Å²) in [7, 11) is 0. The zero-order valence-electron chi connectivity index (χ0n) is 30.1. The third kappa shape index (κ3) is 12.9. The number of ether oxygens (including phenoxy) is 2. The van der Waals surface area contributed by atoms with Gasteiger partial charge in [0.05, 0.1) is 0 Å². The molecule has 0 saturated carbocycles. The quantitative estimate of drug-likeness (QED) is 0.216. The molecule has 47 heavy (non-hydrogen) atoms. The third-order valence-electron chi connectivity index (χ3n) is 7.47. The predicted octanol–water partition coefficient (Wildman–Crippen LogP) is 6.69. The molecule has 0 aliphatic heterocycles. The van der Waals surface area contributed by atoms with Crippen molar-refractivity contribution in [3.05, 3.63) is 70.8 Å². The molecule has 2 aromatic carbocycles. The lowest BCUT2D eigenvalue weighted by molar-refractivity contribution is -0.159. The van der Waals surface area contributed by atoms with Crippen LogP contribution in [0.2, 0.25) is 0 Å². The molecule has 0 spiro atoms. The van der Waals surface area contributed by atoms with Gasteiger partial charge in [0.15, 0.2) is 0 Å². The Balaban J connectivity index is 2.68. The van der Waals surface area contributed by atoms with Crippen LogP contribution in [0.3, 0.4) is 0 Å². The second-order valence-corrected chi connectivity index (χ2v) is 15.0. The monoisotopic (exact) mass is 669 g/mol. The highest BCUT2D eigenvalue weighted by atomic mass is 32.2. The molecule has 4 atom stereocenters. The second-order valence-electron chi connectivity index (χ2n) is 14.0. The number of aryl methyl sites for hydroxylation is 2. The number of hydrogen-bond acceptors (Lipinski definition) is 7. The van der Waals surface area contributed by atoms with E-state index in [0.29, 0.717) is 24.2 Å². The maximum absolute atomic E-state index is 14.7. The molecule has 2 aromatic rings. The van der Waals surface area contributed by atoms with Crippen molar-refractivity contribution in [1.82, 2.24) is 15.5 Å². The summed E-state index contributed by atoms with van der Waals surface area (Å²) in [6.07, 6.45) is 2.30. The first-order chi connectivity index (χ1) is 21.9. The average molecular weight is 670 g/mol. The molecule has 3 amide bonds. The van der Waals surface area contributed by atoms with Crippen LogP contribution >= 0.6 is 11.8 Å². The Kier molecular flexibility index (Phi) is 14.8. The van der Waals surface area contributed by atoms with Gasteiger partial charge in [-0.1, -0.05) is 61.0 Å². The van der Waals surface area contributed by atoms with E-state index in [9.17, 15) is 19.2 Å². The Labute approximate surface area is 285 Å². The standard InChI is InChI=1S/C37H55N3O6S/c1-12-26(4)40(33(42)29(20-21-47-11)39-35(44)46-37(8,9)10)31(28-22-24(2)18-19-25(28)3)32(41)38-30(34(43)45-36(5,6)7)23-27-16-14-13-15-17-27/h13-19,22,26,29-31H,12,20-21,23H2,1-11H3,(H,38,41)(H,39,44). The second kappa shape index (κ2) is 17.6. The van der Waals surface area contributed by atoms with E-state index in [0.717, 1.165) is 16.7 Å². The van der Waals surface area contributed by atoms with E-state index in [4.69, 9.17) is 9.47 Å². The zero-order chi connectivity index (χ0) is 35.5. The first-order valence-corrected chi connectivity index (χ1v) is 17.7. The summed E-state index contributed by atoms with van der Waals surface area (Å²) in [5.74, 6) is -0.893. The van der Waals surface area contributed by atoms with Gasteiger partial charge in [-0.3, -0.25) is 9.59 Å². The number of rotatable bonds is 14. The van der Waals surface area contributed by atoms with Crippen molar-refractivity contribution < 1.29 is 28.7 Å². The lowest BCUT2D eigenvalue weighted by Crippen LogP contribution is -2.57. The fourth-order valence-corrected chi connectivity index (χ4v) is 5.53. The van der Waals surface area contributed by atoms with E-state index in [1.807, 2.05) is 82.5 Å². The van der Waals surface area contributed by atoms with Crippen molar-refractivity contribution in [3.8, 4) is 0 Å². The molecule has 4 unspecified atom stereocenters. The molecule has 0 bridgehead atoms. The molecular formula is C37H55N3O6S. The summed E-state index contributed by atoms with van der Waals surface area (Å²) < 4.78 is 11.3. The summed E-state index contributed by atoms with van der Waals surface area (Å²) >= 11 is 1.55. The Morgan fingerprint density at radius 1 is 0.872 bits per heavy atom. The van der Waals surface area contributed by atoms with Gasteiger partial charge in [0.1, 0.15) is 29.3 Å². The van der Waals surface area contributed by atoms with Crippen LogP contribution < -0.4 is 10.6 Å². The minimum absolute atomic E-state index is 0.203. The summed E-state index contributed by atoms with van der Waals surface area (Å²) in [6.45, 7) is 18.3. The Bertz CT molecular complexity index is 1350. The van der Waals surface area contributed by atoms with Gasteiger partial charge in [0.2, 0.25) is 11.8 Å². The highest BCUT2D eigenvalue weighted by Gasteiger charge is 2.40. The summed E-state index contributed by atoms with van der Waals surface area (Å²) in [5.41, 5.74) is 1.68. The number of alkyl carbamates (subject to hydrolysis) is 1. The van der Waals surface area contributed by atoms with Gasteiger partial charge in [0.25, 0.3) is 0 Å². The third-order valence-corrected chi connectivity index (χ3v) is 8.11. The van der Waals surface area contributed by atoms with Crippen molar-refractivity contribution in [2.45, 2.75) is 124 Å². The summed E-state index contributed by atoms with van der Waals surface area (Å²) in [5, 5.41) is 5.76. The fraction of sp³-hybridized carbons (Fsp3) is 0.568. The topological polar surface area (TPSA) is 114 Å². The van der Waals surface area contributed by atoms with Crippen LogP contribution in [0, 0.1) is 13.8 Å². The smallest absolute Gasteiger partial charge is 0.408 e. The molecule has 0 aliphatic rings. The van der Waals surface area contributed by atoms with Gasteiger partial charge < -0.3 is 25.0 Å². The Morgan fingerprint density at radius 3 is 2.04 bits per heavy atom. The summed E-state index contributed by atoms with van der Waals surface area (Å²) in [4.78, 5) is 57.4. The molecule has 9 nitrogen and oxygen atoms in total. The number of nitrogens with one attached hydrogen (secondary N) is 2. The molecule has 260 valence electrons. The van der Waals surface area contributed by atoms with Crippen LogP contribution in [0.5, 0.6) is 0 Å². The lowest BCUT2D eigenvalue weighted by Gasteiger charge is -2.39. The van der Waals surface area contributed by atoms with Crippen LogP contribution in [-0.4, -0.2) is 70.1 Å². The normalized spacial score (nSPS) is 14.3. The van der Waals surface area contributed by atoms with Crippen molar-refractivity contribution in [1.29, 1.82) is 0 Å². The molecule has 0 aromatic heterocycles. The molecule has 10 heteroatoms. The number of esters is 1. The molecule has 0 fully saturated rings. The number of thioether (sulfide) groups is 1. The maximum Gasteiger partial charge on any atom is 0.408 e. The number of carbonyl (C=O) groups excluding carboxylic acids is 4. The minimum Gasteiger partial charge on any atom is -0.458 e. The first-order valence-electron chi connectivity index (χ1n) is 16.3. The molecule has 0 saturated heterocycles. The molecule has 2 N–H and O–H groups in total. The number of benzene rings is 2. The van der Waals surface area contributed by atoms with Gasteiger partial charge >= 0.3 is 12.1 Å². The van der Waals surface area contributed by atoms with Gasteiger partial charge in [-0.25, -0.2) is 9.59 Å². The predicted molar refractivity (Wildman–Crippen MR) is 189 cm³/mol. The van der Waals surface area contributed by atoms with Gasteiger partial charge in [-0.2, -0.15) is 11.8 Å². The number of hydrogen-bond donors (Lipinski definition) is 2.